The molecule has 1 rings (SSSR count). The van der Waals surface area contributed by atoms with Crippen LogP contribution in [0.3, 0.4) is 0 Å². The van der Waals surface area contributed by atoms with Gasteiger partial charge in [-0.3, -0.25) is 4.90 Å². The maximum atomic E-state index is 6.25. The summed E-state index contributed by atoms with van der Waals surface area (Å²) in [6, 6.07) is 1.72. The zero-order valence-electron chi connectivity index (χ0n) is 13.0. The highest BCUT2D eigenvalue weighted by atomic mass is 35.5. The van der Waals surface area contributed by atoms with Crippen LogP contribution in [0.25, 0.3) is 0 Å². The Balaban J connectivity index is 2.66. The molecule has 4 heteroatoms. The summed E-state index contributed by atoms with van der Waals surface area (Å²) >= 11 is 12.1. The van der Waals surface area contributed by atoms with E-state index in [9.17, 15) is 0 Å². The van der Waals surface area contributed by atoms with Crippen LogP contribution in [-0.2, 0) is 6.54 Å². The van der Waals surface area contributed by atoms with Crippen molar-refractivity contribution in [1.82, 2.24) is 9.88 Å². The van der Waals surface area contributed by atoms with E-state index in [2.05, 4.69) is 37.6 Å². The van der Waals surface area contributed by atoms with Gasteiger partial charge in [0.25, 0.3) is 0 Å². The first-order valence-corrected chi connectivity index (χ1v) is 8.16. The Bertz CT molecular complexity index is 393. The molecule has 0 radical (unpaired) electrons. The molecule has 1 heterocycles. The van der Waals surface area contributed by atoms with Gasteiger partial charge in [0.2, 0.25) is 0 Å². The molecule has 2 nitrogen and oxygen atoms in total. The summed E-state index contributed by atoms with van der Waals surface area (Å²) in [7, 11) is 0. The number of hydrogen-bond donors (Lipinski definition) is 0. The Morgan fingerprint density at radius 2 is 1.60 bits per heavy atom. The zero-order valence-corrected chi connectivity index (χ0v) is 14.5. The molecule has 0 aliphatic rings. The van der Waals surface area contributed by atoms with Gasteiger partial charge in [-0.25, -0.2) is 4.98 Å². The molecule has 0 aliphatic heterocycles. The minimum Gasteiger partial charge on any atom is -0.299 e. The molecule has 0 aliphatic carbocycles. The van der Waals surface area contributed by atoms with Crippen LogP contribution in [0, 0.1) is 11.8 Å². The van der Waals surface area contributed by atoms with Gasteiger partial charge in [-0.2, -0.15) is 0 Å². The van der Waals surface area contributed by atoms with Gasteiger partial charge in [0, 0.05) is 23.3 Å². The molecule has 0 unspecified atom stereocenters. The molecule has 0 bridgehead atoms. The summed E-state index contributed by atoms with van der Waals surface area (Å²) in [5, 5.41) is 1.17. The molecular formula is C16H26Cl2N2. The van der Waals surface area contributed by atoms with E-state index in [1.807, 2.05) is 0 Å². The SMILES string of the molecule is CC(C)CCN(CCC(C)C)Cc1cnc(Cl)cc1Cl. The van der Waals surface area contributed by atoms with E-state index in [4.69, 9.17) is 23.2 Å². The summed E-state index contributed by atoms with van der Waals surface area (Å²) in [4.78, 5) is 6.61. The minimum absolute atomic E-state index is 0.453. The Kier molecular flexibility index (Phi) is 7.86. The molecule has 20 heavy (non-hydrogen) atoms. The van der Waals surface area contributed by atoms with Crippen molar-refractivity contribution in [2.45, 2.75) is 47.1 Å². The van der Waals surface area contributed by atoms with Gasteiger partial charge in [0.05, 0.1) is 0 Å². The molecule has 0 N–H and O–H groups in total. The van der Waals surface area contributed by atoms with Crippen molar-refractivity contribution in [3.63, 3.8) is 0 Å². The predicted molar refractivity (Wildman–Crippen MR) is 88.4 cm³/mol. The summed E-state index contributed by atoms with van der Waals surface area (Å²) in [5.74, 6) is 1.44. The molecule has 114 valence electrons. The largest absolute Gasteiger partial charge is 0.299 e. The Labute approximate surface area is 133 Å². The van der Waals surface area contributed by atoms with E-state index in [1.54, 1.807) is 12.3 Å². The van der Waals surface area contributed by atoms with Crippen molar-refractivity contribution in [2.75, 3.05) is 13.1 Å². The fraction of sp³-hybridized carbons (Fsp3) is 0.688. The monoisotopic (exact) mass is 316 g/mol. The summed E-state index contributed by atoms with van der Waals surface area (Å²) in [6.07, 6.45) is 4.20. The fourth-order valence-corrected chi connectivity index (χ4v) is 2.37. The van der Waals surface area contributed by atoms with Gasteiger partial charge in [-0.15, -0.1) is 0 Å². The molecule has 0 amide bonds. The first-order valence-electron chi connectivity index (χ1n) is 7.40. The van der Waals surface area contributed by atoms with Crippen LogP contribution in [0.4, 0.5) is 0 Å². The normalized spacial score (nSPS) is 11.8. The highest BCUT2D eigenvalue weighted by molar-refractivity contribution is 6.34. The number of rotatable bonds is 8. The third kappa shape index (κ3) is 6.92. The molecule has 0 aromatic carbocycles. The van der Waals surface area contributed by atoms with Crippen molar-refractivity contribution < 1.29 is 0 Å². The van der Waals surface area contributed by atoms with E-state index >= 15 is 0 Å². The zero-order chi connectivity index (χ0) is 15.1. The second kappa shape index (κ2) is 8.86. The third-order valence-electron chi connectivity index (χ3n) is 3.34. The van der Waals surface area contributed by atoms with E-state index in [1.165, 1.54) is 12.8 Å². The first-order chi connectivity index (χ1) is 9.38. The standard InChI is InChI=1S/C16H26Cl2N2/c1-12(2)5-7-20(8-6-13(3)4)11-14-10-19-16(18)9-15(14)17/h9-10,12-13H,5-8,11H2,1-4H3. The van der Waals surface area contributed by atoms with Crippen LogP contribution in [0.1, 0.15) is 46.1 Å². The quantitative estimate of drug-likeness (QED) is 0.606. The molecule has 0 atom stereocenters. The molecule has 1 aromatic heterocycles. The van der Waals surface area contributed by atoms with Crippen LogP contribution in [0.2, 0.25) is 10.2 Å². The molecule has 0 saturated carbocycles. The van der Waals surface area contributed by atoms with Crippen LogP contribution in [0.15, 0.2) is 12.3 Å². The molecular weight excluding hydrogens is 291 g/mol. The van der Waals surface area contributed by atoms with E-state index < -0.39 is 0 Å². The van der Waals surface area contributed by atoms with Crippen LogP contribution in [-0.4, -0.2) is 23.0 Å². The van der Waals surface area contributed by atoms with E-state index in [0.717, 1.165) is 37.0 Å². The van der Waals surface area contributed by atoms with Crippen LogP contribution in [0.5, 0.6) is 0 Å². The number of halogens is 2. The lowest BCUT2D eigenvalue weighted by Crippen LogP contribution is -2.27. The average molecular weight is 317 g/mol. The highest BCUT2D eigenvalue weighted by Crippen LogP contribution is 2.21. The van der Waals surface area contributed by atoms with Gasteiger partial charge >= 0.3 is 0 Å². The van der Waals surface area contributed by atoms with Crippen molar-refractivity contribution in [3.8, 4) is 0 Å². The predicted octanol–water partition coefficient (Wildman–Crippen LogP) is 5.28. The lowest BCUT2D eigenvalue weighted by atomic mass is 10.1. The van der Waals surface area contributed by atoms with Crippen molar-refractivity contribution in [2.24, 2.45) is 11.8 Å². The van der Waals surface area contributed by atoms with Crippen molar-refractivity contribution in [3.05, 3.63) is 28.0 Å². The smallest absolute Gasteiger partial charge is 0.130 e. The lowest BCUT2D eigenvalue weighted by molar-refractivity contribution is 0.235. The Hall–Kier alpha value is -0.310. The first kappa shape index (κ1) is 17.7. The summed E-state index contributed by atoms with van der Waals surface area (Å²) in [5.41, 5.74) is 1.06. The number of aromatic nitrogens is 1. The molecule has 1 aromatic rings. The molecule has 0 fully saturated rings. The van der Waals surface area contributed by atoms with Crippen LogP contribution >= 0.6 is 23.2 Å². The highest BCUT2D eigenvalue weighted by Gasteiger charge is 2.11. The van der Waals surface area contributed by atoms with Gasteiger partial charge in [0.1, 0.15) is 5.15 Å². The Morgan fingerprint density at radius 3 is 2.05 bits per heavy atom. The lowest BCUT2D eigenvalue weighted by Gasteiger charge is -2.24. The minimum atomic E-state index is 0.453. The van der Waals surface area contributed by atoms with E-state index in [0.29, 0.717) is 10.2 Å². The van der Waals surface area contributed by atoms with Crippen molar-refractivity contribution in [1.29, 1.82) is 0 Å². The number of hydrogen-bond acceptors (Lipinski definition) is 2. The molecule has 0 spiro atoms. The topological polar surface area (TPSA) is 16.1 Å². The number of nitrogens with zero attached hydrogens (tertiary/aromatic N) is 2. The number of pyridine rings is 1. The fourth-order valence-electron chi connectivity index (χ4n) is 1.94. The van der Waals surface area contributed by atoms with Gasteiger partial charge in [0.15, 0.2) is 0 Å². The maximum Gasteiger partial charge on any atom is 0.130 e. The van der Waals surface area contributed by atoms with Crippen molar-refractivity contribution >= 4 is 23.2 Å². The Morgan fingerprint density at radius 1 is 1.05 bits per heavy atom. The molecule has 0 saturated heterocycles. The van der Waals surface area contributed by atoms with E-state index in [-0.39, 0.29) is 0 Å². The third-order valence-corrected chi connectivity index (χ3v) is 3.89. The summed E-state index contributed by atoms with van der Waals surface area (Å²) in [6.45, 7) is 12.1. The second-order valence-electron chi connectivity index (χ2n) is 6.24. The van der Waals surface area contributed by atoms with Gasteiger partial charge in [-0.05, 0) is 43.8 Å². The summed E-state index contributed by atoms with van der Waals surface area (Å²) < 4.78 is 0. The maximum absolute atomic E-state index is 6.25. The second-order valence-corrected chi connectivity index (χ2v) is 7.03. The van der Waals surface area contributed by atoms with Gasteiger partial charge < -0.3 is 0 Å². The van der Waals surface area contributed by atoms with Gasteiger partial charge in [-0.1, -0.05) is 50.9 Å². The average Bonchev–Trinajstić information content (AvgIpc) is 2.35. The van der Waals surface area contributed by atoms with Crippen LogP contribution < -0.4 is 0 Å².